The van der Waals surface area contributed by atoms with E-state index in [4.69, 9.17) is 10.2 Å². The SMILES string of the molecule is O=C(C(O)C(O)CO)N1CCNCC1. The molecular weight excluding hydrogens is 188 g/mol. The summed E-state index contributed by atoms with van der Waals surface area (Å²) in [6.07, 6.45) is -2.91. The summed E-state index contributed by atoms with van der Waals surface area (Å²) in [5.41, 5.74) is 0. The van der Waals surface area contributed by atoms with Crippen molar-refractivity contribution < 1.29 is 20.1 Å². The molecule has 1 amide bonds. The van der Waals surface area contributed by atoms with Crippen LogP contribution in [0.4, 0.5) is 0 Å². The molecule has 2 atom stereocenters. The zero-order valence-corrected chi connectivity index (χ0v) is 7.89. The summed E-state index contributed by atoms with van der Waals surface area (Å²) < 4.78 is 0. The summed E-state index contributed by atoms with van der Waals surface area (Å²) in [5, 5.41) is 30.0. The molecular formula is C8H16N2O4. The van der Waals surface area contributed by atoms with Crippen molar-refractivity contribution in [3.63, 3.8) is 0 Å². The Morgan fingerprint density at radius 3 is 2.43 bits per heavy atom. The lowest BCUT2D eigenvalue weighted by atomic mass is 10.2. The van der Waals surface area contributed by atoms with Crippen LogP contribution in [0.3, 0.4) is 0 Å². The van der Waals surface area contributed by atoms with Crippen molar-refractivity contribution in [2.75, 3.05) is 32.8 Å². The van der Waals surface area contributed by atoms with Crippen molar-refractivity contribution in [1.29, 1.82) is 0 Å². The highest BCUT2D eigenvalue weighted by Crippen LogP contribution is 2.01. The van der Waals surface area contributed by atoms with Crippen LogP contribution in [-0.4, -0.2) is 71.1 Å². The molecule has 0 aromatic carbocycles. The largest absolute Gasteiger partial charge is 0.394 e. The standard InChI is InChI=1S/C8H16N2O4/c11-5-6(12)7(13)8(14)10-3-1-9-2-4-10/h6-7,9,11-13H,1-5H2. The first-order chi connectivity index (χ1) is 6.66. The van der Waals surface area contributed by atoms with Gasteiger partial charge in [0.15, 0.2) is 6.10 Å². The van der Waals surface area contributed by atoms with Gasteiger partial charge in [-0.25, -0.2) is 0 Å². The van der Waals surface area contributed by atoms with Gasteiger partial charge in [-0.05, 0) is 0 Å². The number of aliphatic hydroxyl groups is 3. The van der Waals surface area contributed by atoms with Crippen LogP contribution in [0.2, 0.25) is 0 Å². The van der Waals surface area contributed by atoms with Gasteiger partial charge in [0.1, 0.15) is 6.10 Å². The molecule has 0 spiro atoms. The Morgan fingerprint density at radius 1 is 1.36 bits per heavy atom. The molecule has 1 heterocycles. The van der Waals surface area contributed by atoms with E-state index in [2.05, 4.69) is 5.32 Å². The molecule has 1 rings (SSSR count). The van der Waals surface area contributed by atoms with Crippen LogP contribution in [0.5, 0.6) is 0 Å². The molecule has 0 aliphatic carbocycles. The molecule has 0 aromatic heterocycles. The molecule has 1 fully saturated rings. The lowest BCUT2D eigenvalue weighted by Gasteiger charge is -2.30. The second-order valence-corrected chi connectivity index (χ2v) is 3.27. The average Bonchev–Trinajstić information content (AvgIpc) is 2.27. The minimum absolute atomic E-state index is 0.520. The highest BCUT2D eigenvalue weighted by atomic mass is 16.4. The first-order valence-electron chi connectivity index (χ1n) is 4.63. The van der Waals surface area contributed by atoms with Crippen molar-refractivity contribution in [3.05, 3.63) is 0 Å². The zero-order valence-electron chi connectivity index (χ0n) is 7.89. The Morgan fingerprint density at radius 2 is 1.93 bits per heavy atom. The lowest BCUT2D eigenvalue weighted by Crippen LogP contribution is -2.52. The Labute approximate surface area is 82.1 Å². The van der Waals surface area contributed by atoms with E-state index >= 15 is 0 Å². The predicted molar refractivity (Wildman–Crippen MR) is 48.5 cm³/mol. The Balaban J connectivity index is 2.46. The number of carbonyl (C=O) groups excluding carboxylic acids is 1. The van der Waals surface area contributed by atoms with E-state index in [0.29, 0.717) is 26.2 Å². The highest BCUT2D eigenvalue weighted by molar-refractivity contribution is 5.81. The Kier molecular flexibility index (Phi) is 4.27. The summed E-state index contributed by atoms with van der Waals surface area (Å²) in [7, 11) is 0. The number of hydrogen-bond donors (Lipinski definition) is 4. The molecule has 6 heteroatoms. The molecule has 0 aromatic rings. The van der Waals surface area contributed by atoms with Gasteiger partial charge in [-0.1, -0.05) is 0 Å². The average molecular weight is 204 g/mol. The third-order valence-electron chi connectivity index (χ3n) is 2.23. The third kappa shape index (κ3) is 2.65. The Hall–Kier alpha value is -0.690. The smallest absolute Gasteiger partial charge is 0.254 e. The summed E-state index contributed by atoms with van der Waals surface area (Å²) in [6, 6.07) is 0. The fraction of sp³-hybridized carbons (Fsp3) is 0.875. The van der Waals surface area contributed by atoms with Crippen molar-refractivity contribution in [3.8, 4) is 0 Å². The third-order valence-corrected chi connectivity index (χ3v) is 2.23. The van der Waals surface area contributed by atoms with Crippen LogP contribution in [0.15, 0.2) is 0 Å². The van der Waals surface area contributed by atoms with E-state index in [1.807, 2.05) is 0 Å². The maximum Gasteiger partial charge on any atom is 0.254 e. The number of hydrogen-bond acceptors (Lipinski definition) is 5. The van der Waals surface area contributed by atoms with Crippen molar-refractivity contribution in [2.24, 2.45) is 0 Å². The van der Waals surface area contributed by atoms with Gasteiger partial charge in [0.25, 0.3) is 5.91 Å². The van der Waals surface area contributed by atoms with E-state index in [9.17, 15) is 9.90 Å². The van der Waals surface area contributed by atoms with Gasteiger partial charge in [-0.3, -0.25) is 4.79 Å². The number of amides is 1. The Bertz CT molecular complexity index is 190. The van der Waals surface area contributed by atoms with Crippen LogP contribution >= 0.6 is 0 Å². The molecule has 0 radical (unpaired) electrons. The molecule has 1 aliphatic rings. The molecule has 2 unspecified atom stereocenters. The maximum absolute atomic E-state index is 11.5. The van der Waals surface area contributed by atoms with E-state index in [1.165, 1.54) is 4.90 Å². The van der Waals surface area contributed by atoms with E-state index in [-0.39, 0.29) is 0 Å². The first kappa shape index (κ1) is 11.4. The van der Waals surface area contributed by atoms with Crippen LogP contribution in [0.1, 0.15) is 0 Å². The van der Waals surface area contributed by atoms with Crippen LogP contribution in [0, 0.1) is 0 Å². The second-order valence-electron chi connectivity index (χ2n) is 3.27. The van der Waals surface area contributed by atoms with Gasteiger partial charge >= 0.3 is 0 Å². The zero-order chi connectivity index (χ0) is 10.6. The van der Waals surface area contributed by atoms with Gasteiger partial charge in [-0.2, -0.15) is 0 Å². The summed E-state index contributed by atoms with van der Waals surface area (Å²) >= 11 is 0. The maximum atomic E-state index is 11.5. The first-order valence-corrected chi connectivity index (χ1v) is 4.63. The van der Waals surface area contributed by atoms with Crippen LogP contribution in [0.25, 0.3) is 0 Å². The molecule has 1 saturated heterocycles. The minimum Gasteiger partial charge on any atom is -0.394 e. The molecule has 14 heavy (non-hydrogen) atoms. The summed E-state index contributed by atoms with van der Waals surface area (Å²) in [5.74, 6) is -0.520. The number of aliphatic hydroxyl groups excluding tert-OH is 3. The quantitative estimate of drug-likeness (QED) is 0.396. The van der Waals surface area contributed by atoms with Crippen LogP contribution < -0.4 is 5.32 Å². The second kappa shape index (κ2) is 5.26. The normalized spacial score (nSPS) is 21.8. The van der Waals surface area contributed by atoms with Crippen molar-refractivity contribution in [2.45, 2.75) is 12.2 Å². The van der Waals surface area contributed by atoms with Gasteiger partial charge in [-0.15, -0.1) is 0 Å². The molecule has 6 nitrogen and oxygen atoms in total. The number of carbonyl (C=O) groups is 1. The fourth-order valence-electron chi connectivity index (χ4n) is 1.34. The number of rotatable bonds is 3. The number of nitrogens with zero attached hydrogens (tertiary/aromatic N) is 1. The molecule has 0 saturated carbocycles. The van der Waals surface area contributed by atoms with Gasteiger partial charge < -0.3 is 25.5 Å². The molecule has 4 N–H and O–H groups in total. The monoisotopic (exact) mass is 204 g/mol. The van der Waals surface area contributed by atoms with Gasteiger partial charge in [0.05, 0.1) is 6.61 Å². The minimum atomic E-state index is -1.52. The number of nitrogens with one attached hydrogen (secondary N) is 1. The van der Waals surface area contributed by atoms with Gasteiger partial charge in [0, 0.05) is 26.2 Å². The summed E-state index contributed by atoms with van der Waals surface area (Å²) in [4.78, 5) is 12.9. The fourth-order valence-corrected chi connectivity index (χ4v) is 1.34. The predicted octanol–water partition coefficient (Wildman–Crippen LogP) is -2.87. The van der Waals surface area contributed by atoms with Gasteiger partial charge in [0.2, 0.25) is 0 Å². The number of piperazine rings is 1. The van der Waals surface area contributed by atoms with Crippen molar-refractivity contribution >= 4 is 5.91 Å². The molecule has 0 bridgehead atoms. The topological polar surface area (TPSA) is 93.0 Å². The molecule has 82 valence electrons. The highest BCUT2D eigenvalue weighted by Gasteiger charge is 2.28. The molecule has 1 aliphatic heterocycles. The van der Waals surface area contributed by atoms with E-state index in [1.54, 1.807) is 0 Å². The van der Waals surface area contributed by atoms with E-state index in [0.717, 1.165) is 0 Å². The van der Waals surface area contributed by atoms with Crippen molar-refractivity contribution in [1.82, 2.24) is 10.2 Å². The van der Waals surface area contributed by atoms with E-state index < -0.39 is 24.7 Å². The summed E-state index contributed by atoms with van der Waals surface area (Å²) in [6.45, 7) is 1.81. The lowest BCUT2D eigenvalue weighted by molar-refractivity contribution is -0.148. The van der Waals surface area contributed by atoms with Crippen LogP contribution in [-0.2, 0) is 4.79 Å².